The van der Waals surface area contributed by atoms with Crippen molar-refractivity contribution in [1.82, 2.24) is 19.8 Å². The second-order valence-corrected chi connectivity index (χ2v) is 8.67. The number of H-pyrrole nitrogens is 1. The normalized spacial score (nSPS) is 19.5. The minimum absolute atomic E-state index is 0.0396. The fraction of sp³-hybridized carbons (Fsp3) is 0.417. The van der Waals surface area contributed by atoms with Crippen LogP contribution < -0.4 is 11.0 Å². The molecule has 156 valence electrons. The number of hydrogen-bond donors (Lipinski definition) is 2. The Morgan fingerprint density at radius 1 is 1.03 bits per heavy atom. The van der Waals surface area contributed by atoms with Gasteiger partial charge in [-0.2, -0.15) is 0 Å². The van der Waals surface area contributed by atoms with Crippen LogP contribution in [0.2, 0.25) is 0 Å². The Bertz CT molecular complexity index is 1090. The van der Waals surface area contributed by atoms with E-state index in [1.165, 1.54) is 5.56 Å². The molecule has 1 aliphatic heterocycles. The van der Waals surface area contributed by atoms with Gasteiger partial charge in [0.05, 0.1) is 23.1 Å². The van der Waals surface area contributed by atoms with E-state index in [0.29, 0.717) is 6.54 Å². The van der Waals surface area contributed by atoms with Crippen molar-refractivity contribution in [2.45, 2.75) is 43.7 Å². The van der Waals surface area contributed by atoms with Crippen molar-refractivity contribution in [1.29, 1.82) is 0 Å². The van der Waals surface area contributed by atoms with Gasteiger partial charge in [-0.1, -0.05) is 42.5 Å². The number of piperidine rings is 1. The van der Waals surface area contributed by atoms with Gasteiger partial charge in [0.1, 0.15) is 0 Å². The Morgan fingerprint density at radius 3 is 2.43 bits per heavy atom. The molecule has 3 aromatic rings. The van der Waals surface area contributed by atoms with Crippen molar-refractivity contribution in [3.63, 3.8) is 0 Å². The van der Waals surface area contributed by atoms with Gasteiger partial charge in [0.2, 0.25) is 5.91 Å². The third kappa shape index (κ3) is 3.45. The predicted molar refractivity (Wildman–Crippen MR) is 117 cm³/mol. The lowest BCUT2D eigenvalue weighted by Gasteiger charge is -2.43. The lowest BCUT2D eigenvalue weighted by Crippen LogP contribution is -2.53. The number of aromatic amines is 1. The molecule has 6 heteroatoms. The van der Waals surface area contributed by atoms with E-state index in [1.54, 1.807) is 0 Å². The maximum absolute atomic E-state index is 12.8. The number of carbonyl (C=O) groups excluding carboxylic acids is 1. The second kappa shape index (κ2) is 7.76. The highest BCUT2D eigenvalue weighted by molar-refractivity contribution is 5.79. The number of rotatable bonds is 5. The Morgan fingerprint density at radius 2 is 1.73 bits per heavy atom. The zero-order valence-corrected chi connectivity index (χ0v) is 17.1. The summed E-state index contributed by atoms with van der Waals surface area (Å²) >= 11 is 0. The van der Waals surface area contributed by atoms with Gasteiger partial charge >= 0.3 is 5.69 Å². The highest BCUT2D eigenvalue weighted by atomic mass is 16.2. The largest absolute Gasteiger partial charge is 0.345 e. The molecule has 2 aromatic carbocycles. The van der Waals surface area contributed by atoms with Crippen LogP contribution in [0.25, 0.3) is 11.0 Å². The van der Waals surface area contributed by atoms with E-state index >= 15 is 0 Å². The van der Waals surface area contributed by atoms with Gasteiger partial charge in [-0.25, -0.2) is 4.79 Å². The molecule has 2 heterocycles. The zero-order valence-electron chi connectivity index (χ0n) is 17.1. The summed E-state index contributed by atoms with van der Waals surface area (Å²) in [4.78, 5) is 30.4. The number of imidazole rings is 1. The molecule has 5 rings (SSSR count). The summed E-state index contributed by atoms with van der Waals surface area (Å²) in [6.07, 6.45) is 4.92. The van der Waals surface area contributed by atoms with Crippen molar-refractivity contribution >= 4 is 16.9 Å². The van der Waals surface area contributed by atoms with Crippen molar-refractivity contribution < 1.29 is 4.79 Å². The molecule has 2 aliphatic rings. The number of benzene rings is 2. The SMILES string of the molecule is O=C(CN1CCC(n2c(=O)[nH]c3ccccc32)CC1)NC1(c2ccccc2)CCC1. The quantitative estimate of drug-likeness (QED) is 0.686. The van der Waals surface area contributed by atoms with Crippen molar-refractivity contribution in [2.24, 2.45) is 0 Å². The number of aromatic nitrogens is 2. The van der Waals surface area contributed by atoms with Gasteiger partial charge in [-0.3, -0.25) is 14.3 Å². The number of hydrogen-bond acceptors (Lipinski definition) is 3. The molecule has 30 heavy (non-hydrogen) atoms. The molecule has 0 unspecified atom stereocenters. The third-order valence-electron chi connectivity index (χ3n) is 6.83. The summed E-state index contributed by atoms with van der Waals surface area (Å²) in [6.45, 7) is 2.06. The van der Waals surface area contributed by atoms with E-state index in [-0.39, 0.29) is 23.2 Å². The van der Waals surface area contributed by atoms with Crippen LogP contribution in [0.15, 0.2) is 59.4 Å². The van der Waals surface area contributed by atoms with E-state index < -0.39 is 0 Å². The van der Waals surface area contributed by atoms with E-state index in [0.717, 1.165) is 56.2 Å². The Kier molecular flexibility index (Phi) is 4.95. The van der Waals surface area contributed by atoms with Crippen molar-refractivity contribution in [3.05, 3.63) is 70.6 Å². The first-order chi connectivity index (χ1) is 14.6. The Labute approximate surface area is 175 Å². The van der Waals surface area contributed by atoms with Gasteiger partial charge in [0.15, 0.2) is 0 Å². The number of nitrogens with zero attached hydrogens (tertiary/aromatic N) is 2. The van der Waals surface area contributed by atoms with Crippen molar-refractivity contribution in [3.8, 4) is 0 Å². The minimum Gasteiger partial charge on any atom is -0.345 e. The van der Waals surface area contributed by atoms with Crippen LogP contribution in [-0.2, 0) is 10.3 Å². The summed E-state index contributed by atoms with van der Waals surface area (Å²) < 4.78 is 1.89. The van der Waals surface area contributed by atoms with E-state index in [2.05, 4.69) is 27.3 Å². The fourth-order valence-electron chi connectivity index (χ4n) is 5.06. The average molecular weight is 405 g/mol. The number of nitrogens with one attached hydrogen (secondary N) is 2. The topological polar surface area (TPSA) is 70.1 Å². The van der Waals surface area contributed by atoms with Gasteiger partial charge in [0.25, 0.3) is 0 Å². The molecular weight excluding hydrogens is 376 g/mol. The second-order valence-electron chi connectivity index (χ2n) is 8.67. The summed E-state index contributed by atoms with van der Waals surface area (Å²) in [5.74, 6) is 0.0984. The molecule has 2 N–H and O–H groups in total. The van der Waals surface area contributed by atoms with E-state index in [1.807, 2.05) is 47.0 Å². The van der Waals surface area contributed by atoms with E-state index in [9.17, 15) is 9.59 Å². The molecule has 1 aliphatic carbocycles. The van der Waals surface area contributed by atoms with Crippen LogP contribution in [0, 0.1) is 0 Å². The number of fused-ring (bicyclic) bond motifs is 1. The fourth-order valence-corrected chi connectivity index (χ4v) is 5.06. The monoisotopic (exact) mass is 404 g/mol. The molecule has 0 atom stereocenters. The summed E-state index contributed by atoms with van der Waals surface area (Å²) in [6, 6.07) is 18.3. The smallest absolute Gasteiger partial charge is 0.326 e. The molecule has 0 bridgehead atoms. The Hall–Kier alpha value is -2.86. The molecule has 0 radical (unpaired) electrons. The molecule has 6 nitrogen and oxygen atoms in total. The van der Waals surface area contributed by atoms with E-state index in [4.69, 9.17) is 0 Å². The van der Waals surface area contributed by atoms with Crippen LogP contribution >= 0.6 is 0 Å². The first kappa shape index (κ1) is 19.1. The highest BCUT2D eigenvalue weighted by Crippen LogP contribution is 2.41. The lowest BCUT2D eigenvalue weighted by molar-refractivity contribution is -0.125. The molecule has 2 fully saturated rings. The van der Waals surface area contributed by atoms with Crippen molar-refractivity contribution in [2.75, 3.05) is 19.6 Å². The Balaban J connectivity index is 1.21. The van der Waals surface area contributed by atoms with Gasteiger partial charge in [-0.15, -0.1) is 0 Å². The predicted octanol–water partition coefficient (Wildman–Crippen LogP) is 3.16. The molecular formula is C24H28N4O2. The minimum atomic E-state index is -0.186. The average Bonchev–Trinajstić information content (AvgIpc) is 3.08. The van der Waals surface area contributed by atoms with Crippen LogP contribution in [-0.4, -0.2) is 40.0 Å². The standard InChI is InChI=1S/C24H28N4O2/c29-22(26-24(13-6-14-24)18-7-2-1-3-8-18)17-27-15-11-19(12-16-27)28-21-10-5-4-9-20(21)25-23(28)30/h1-5,7-10,19H,6,11-17H2,(H,25,30)(H,26,29). The van der Waals surface area contributed by atoms with Gasteiger partial charge in [0, 0.05) is 19.1 Å². The number of para-hydroxylation sites is 2. The first-order valence-corrected chi connectivity index (χ1v) is 10.9. The molecule has 1 saturated heterocycles. The van der Waals surface area contributed by atoms with Gasteiger partial charge < -0.3 is 10.3 Å². The van der Waals surface area contributed by atoms with Crippen LogP contribution in [0.5, 0.6) is 0 Å². The zero-order chi connectivity index (χ0) is 20.6. The van der Waals surface area contributed by atoms with Gasteiger partial charge in [-0.05, 0) is 49.8 Å². The number of amides is 1. The summed E-state index contributed by atoms with van der Waals surface area (Å²) in [7, 11) is 0. The maximum Gasteiger partial charge on any atom is 0.326 e. The molecule has 1 saturated carbocycles. The first-order valence-electron chi connectivity index (χ1n) is 10.9. The number of likely N-dealkylation sites (tertiary alicyclic amines) is 1. The lowest BCUT2D eigenvalue weighted by atomic mass is 9.72. The third-order valence-corrected chi connectivity index (χ3v) is 6.83. The van der Waals surface area contributed by atoms with Crippen LogP contribution in [0.4, 0.5) is 0 Å². The van der Waals surface area contributed by atoms with Crippen LogP contribution in [0.3, 0.4) is 0 Å². The summed E-state index contributed by atoms with van der Waals surface area (Å²) in [5.41, 5.74) is 2.84. The maximum atomic E-state index is 12.8. The van der Waals surface area contributed by atoms with Crippen LogP contribution in [0.1, 0.15) is 43.7 Å². The summed E-state index contributed by atoms with van der Waals surface area (Å²) in [5, 5.41) is 3.32. The highest BCUT2D eigenvalue weighted by Gasteiger charge is 2.40. The number of carbonyl (C=O) groups is 1. The molecule has 0 spiro atoms. The molecule has 1 amide bonds. The molecule has 1 aromatic heterocycles.